The van der Waals surface area contributed by atoms with Gasteiger partial charge in [0.15, 0.2) is 0 Å². The molecule has 2 saturated heterocycles. The van der Waals surface area contributed by atoms with Crippen LogP contribution in [0.2, 0.25) is 0 Å². The second-order valence-corrected chi connectivity index (χ2v) is 9.74. The summed E-state index contributed by atoms with van der Waals surface area (Å²) in [5, 5.41) is 11.6. The first-order chi connectivity index (χ1) is 18.3. The van der Waals surface area contributed by atoms with Crippen LogP contribution in [0, 0.1) is 0 Å². The Morgan fingerprint density at radius 2 is 1.82 bits per heavy atom. The van der Waals surface area contributed by atoms with Gasteiger partial charge in [0.25, 0.3) is 5.91 Å². The van der Waals surface area contributed by atoms with Crippen molar-refractivity contribution in [3.05, 3.63) is 47.9 Å². The van der Waals surface area contributed by atoms with Gasteiger partial charge in [-0.1, -0.05) is 6.07 Å². The molecule has 9 nitrogen and oxygen atoms in total. The number of methoxy groups -OCH3 is 1. The molecule has 0 unspecified atom stereocenters. The Kier molecular flexibility index (Phi) is 7.82. The number of carbonyl (C=O) groups excluding carboxylic acids is 1. The van der Waals surface area contributed by atoms with E-state index in [1.807, 2.05) is 10.9 Å². The number of likely N-dealkylation sites (tertiary alicyclic amines) is 1. The molecule has 12 heteroatoms. The first-order valence-electron chi connectivity index (χ1n) is 12.9. The number of carbonyl (C=O) groups is 1. The van der Waals surface area contributed by atoms with E-state index in [0.717, 1.165) is 88.2 Å². The van der Waals surface area contributed by atoms with Crippen LogP contribution >= 0.6 is 0 Å². The Labute approximate surface area is 218 Å². The van der Waals surface area contributed by atoms with E-state index >= 15 is 0 Å². The summed E-state index contributed by atoms with van der Waals surface area (Å²) in [6.07, 6.45) is -0.689. The van der Waals surface area contributed by atoms with Crippen molar-refractivity contribution >= 4 is 22.5 Å². The van der Waals surface area contributed by atoms with Crippen molar-refractivity contribution in [1.29, 1.82) is 0 Å². The number of rotatable bonds is 7. The number of amides is 1. The Morgan fingerprint density at radius 1 is 1.11 bits per heavy atom. The van der Waals surface area contributed by atoms with Gasteiger partial charge in [-0.2, -0.15) is 18.3 Å². The van der Waals surface area contributed by atoms with Crippen molar-refractivity contribution in [1.82, 2.24) is 29.9 Å². The average Bonchev–Trinajstić information content (AvgIpc) is 3.35. The summed E-state index contributed by atoms with van der Waals surface area (Å²) < 4.78 is 46.5. The molecule has 0 saturated carbocycles. The topological polar surface area (TPSA) is 87.5 Å². The monoisotopic (exact) mass is 531 g/mol. The number of nitrogens with one attached hydrogen (secondary N) is 2. The summed E-state index contributed by atoms with van der Waals surface area (Å²) in [6, 6.07) is 6.95. The van der Waals surface area contributed by atoms with Gasteiger partial charge in [-0.15, -0.1) is 0 Å². The second-order valence-electron chi connectivity index (χ2n) is 9.74. The maximum Gasteiger partial charge on any atom is 0.433 e. The number of hydrogen-bond donors (Lipinski definition) is 2. The first-order valence-corrected chi connectivity index (χ1v) is 12.9. The summed E-state index contributed by atoms with van der Waals surface area (Å²) in [6.45, 7) is 8.55. The molecule has 204 valence electrons. The molecular weight excluding hydrogens is 499 g/mol. The summed E-state index contributed by atoms with van der Waals surface area (Å²) >= 11 is 0. The van der Waals surface area contributed by atoms with Gasteiger partial charge in [0, 0.05) is 70.0 Å². The molecule has 0 spiro atoms. The van der Waals surface area contributed by atoms with Gasteiger partial charge in [-0.05, 0) is 31.0 Å². The SMILES string of the molecule is COc1cc2nn(C3CCN(CCN4CCNCC4)CC3)cc2cc1NC(=O)c1cccc(C(F)(F)F)n1. The van der Waals surface area contributed by atoms with Crippen LogP contribution in [0.5, 0.6) is 5.75 Å². The third kappa shape index (κ3) is 6.08. The third-order valence-corrected chi connectivity index (χ3v) is 7.24. The number of piperazine rings is 1. The smallest absolute Gasteiger partial charge is 0.433 e. The molecule has 0 radical (unpaired) electrons. The number of anilines is 1. The largest absolute Gasteiger partial charge is 0.494 e. The number of fused-ring (bicyclic) bond motifs is 1. The highest BCUT2D eigenvalue weighted by molar-refractivity contribution is 6.05. The number of ether oxygens (including phenoxy) is 1. The number of alkyl halides is 3. The zero-order valence-electron chi connectivity index (χ0n) is 21.3. The van der Waals surface area contributed by atoms with Gasteiger partial charge in [0.1, 0.15) is 17.1 Å². The van der Waals surface area contributed by atoms with Crippen LogP contribution in [0.15, 0.2) is 36.5 Å². The molecule has 4 heterocycles. The summed E-state index contributed by atoms with van der Waals surface area (Å²) in [5.41, 5.74) is -0.394. The summed E-state index contributed by atoms with van der Waals surface area (Å²) in [5.74, 6) is -0.389. The summed E-state index contributed by atoms with van der Waals surface area (Å²) in [4.78, 5) is 21.2. The van der Waals surface area contributed by atoms with E-state index in [9.17, 15) is 18.0 Å². The minimum atomic E-state index is -4.64. The van der Waals surface area contributed by atoms with Gasteiger partial charge in [-0.3, -0.25) is 14.4 Å². The van der Waals surface area contributed by atoms with Crippen molar-refractivity contribution in [2.45, 2.75) is 25.1 Å². The molecule has 5 rings (SSSR count). The lowest BCUT2D eigenvalue weighted by Gasteiger charge is -2.34. The molecule has 2 aromatic heterocycles. The first kappa shape index (κ1) is 26.4. The standard InChI is InChI=1S/C26H32F3N7O2/c1-38-23-16-21-18(15-22(23)32-25(37)20-3-2-4-24(31-20)26(27,28)29)17-36(33-21)19-5-9-34(10-6-19)13-14-35-11-7-30-8-12-35/h2-4,15-17,19,30H,5-14H2,1H3,(H,32,37). The lowest BCUT2D eigenvalue weighted by atomic mass is 10.1. The Hall–Kier alpha value is -3.22. The van der Waals surface area contributed by atoms with Crippen molar-refractivity contribution in [2.75, 3.05) is 64.8 Å². The Bertz CT molecular complexity index is 1270. The number of hydrogen-bond acceptors (Lipinski definition) is 7. The third-order valence-electron chi connectivity index (χ3n) is 7.24. The zero-order valence-corrected chi connectivity index (χ0v) is 21.3. The highest BCUT2D eigenvalue weighted by Gasteiger charge is 2.33. The molecular formula is C26H32F3N7O2. The van der Waals surface area contributed by atoms with E-state index in [1.165, 1.54) is 13.2 Å². The number of piperidine rings is 1. The van der Waals surface area contributed by atoms with E-state index < -0.39 is 17.8 Å². The Balaban J connectivity index is 1.24. The van der Waals surface area contributed by atoms with Crippen molar-refractivity contribution in [3.63, 3.8) is 0 Å². The Morgan fingerprint density at radius 3 is 2.50 bits per heavy atom. The fraction of sp³-hybridized carbons (Fsp3) is 0.500. The van der Waals surface area contributed by atoms with Crippen LogP contribution in [-0.2, 0) is 6.18 Å². The molecule has 2 N–H and O–H groups in total. The molecule has 2 aliphatic heterocycles. The molecule has 0 bridgehead atoms. The fourth-order valence-electron chi connectivity index (χ4n) is 5.06. The molecule has 1 amide bonds. The van der Waals surface area contributed by atoms with E-state index in [4.69, 9.17) is 9.84 Å². The van der Waals surface area contributed by atoms with E-state index in [2.05, 4.69) is 25.4 Å². The molecule has 0 atom stereocenters. The number of nitrogens with zero attached hydrogens (tertiary/aromatic N) is 5. The maximum atomic E-state index is 13.0. The van der Waals surface area contributed by atoms with Gasteiger partial charge in [0.2, 0.25) is 0 Å². The molecule has 0 aliphatic carbocycles. The summed E-state index contributed by atoms with van der Waals surface area (Å²) in [7, 11) is 1.46. The second kappa shape index (κ2) is 11.3. The quantitative estimate of drug-likeness (QED) is 0.484. The van der Waals surface area contributed by atoms with E-state index in [-0.39, 0.29) is 11.7 Å². The number of aromatic nitrogens is 3. The van der Waals surface area contributed by atoms with Gasteiger partial charge >= 0.3 is 6.18 Å². The molecule has 2 aliphatic rings. The van der Waals surface area contributed by atoms with E-state index in [0.29, 0.717) is 11.4 Å². The fourth-order valence-corrected chi connectivity index (χ4v) is 5.06. The normalized spacial score (nSPS) is 18.1. The number of pyridine rings is 1. The van der Waals surface area contributed by atoms with E-state index in [1.54, 1.807) is 12.1 Å². The molecule has 3 aromatic rings. The van der Waals surface area contributed by atoms with Crippen LogP contribution in [0.1, 0.15) is 35.1 Å². The number of halogens is 3. The van der Waals surface area contributed by atoms with Gasteiger partial charge in [-0.25, -0.2) is 4.98 Å². The number of benzene rings is 1. The van der Waals surface area contributed by atoms with Crippen LogP contribution in [0.25, 0.3) is 10.9 Å². The highest BCUT2D eigenvalue weighted by atomic mass is 19.4. The zero-order chi connectivity index (χ0) is 26.7. The predicted molar refractivity (Wildman–Crippen MR) is 137 cm³/mol. The molecule has 1 aromatic carbocycles. The van der Waals surface area contributed by atoms with Crippen LogP contribution in [0.3, 0.4) is 0 Å². The van der Waals surface area contributed by atoms with Gasteiger partial charge in [0.05, 0.1) is 24.4 Å². The minimum absolute atomic E-state index is 0.274. The van der Waals surface area contributed by atoms with Crippen molar-refractivity contribution in [3.8, 4) is 5.75 Å². The average molecular weight is 532 g/mol. The van der Waals surface area contributed by atoms with Crippen molar-refractivity contribution < 1.29 is 22.7 Å². The lowest BCUT2D eigenvalue weighted by Crippen LogP contribution is -2.47. The minimum Gasteiger partial charge on any atom is -0.494 e. The van der Waals surface area contributed by atoms with Crippen molar-refractivity contribution in [2.24, 2.45) is 0 Å². The predicted octanol–water partition coefficient (Wildman–Crippen LogP) is 3.25. The van der Waals surface area contributed by atoms with Crippen LogP contribution < -0.4 is 15.4 Å². The highest BCUT2D eigenvalue weighted by Crippen LogP contribution is 2.32. The van der Waals surface area contributed by atoms with Gasteiger partial charge < -0.3 is 20.3 Å². The molecule has 38 heavy (non-hydrogen) atoms. The van der Waals surface area contributed by atoms with Crippen LogP contribution in [0.4, 0.5) is 18.9 Å². The van der Waals surface area contributed by atoms with Crippen LogP contribution in [-0.4, -0.2) is 89.9 Å². The molecule has 2 fully saturated rings. The maximum absolute atomic E-state index is 13.0. The lowest BCUT2D eigenvalue weighted by molar-refractivity contribution is -0.141.